The van der Waals surface area contributed by atoms with Gasteiger partial charge in [-0.15, -0.1) is 5.10 Å². The molecule has 0 aromatic carbocycles. The second kappa shape index (κ2) is 9.64. The zero-order valence-corrected chi connectivity index (χ0v) is 16.2. The van der Waals surface area contributed by atoms with Gasteiger partial charge < -0.3 is 15.1 Å². The molecule has 25 heavy (non-hydrogen) atoms. The fourth-order valence-corrected chi connectivity index (χ4v) is 3.56. The number of nitrogens with zero attached hydrogens (tertiary/aromatic N) is 4. The van der Waals surface area contributed by atoms with Crippen LogP contribution >= 0.6 is 0 Å². The van der Waals surface area contributed by atoms with Crippen molar-refractivity contribution in [1.29, 1.82) is 0 Å². The highest BCUT2D eigenvalue weighted by Crippen LogP contribution is 2.23. The monoisotopic (exact) mass is 352 g/mol. The minimum atomic E-state index is -0.528. The fourth-order valence-electron chi connectivity index (χ4n) is 3.56. The van der Waals surface area contributed by atoms with Crippen LogP contribution < -0.4 is 0 Å². The number of likely N-dealkylation sites (tertiary alicyclic amines) is 1. The average Bonchev–Trinajstić information content (AvgIpc) is 3.01. The summed E-state index contributed by atoms with van der Waals surface area (Å²) in [6, 6.07) is 0.445. The summed E-state index contributed by atoms with van der Waals surface area (Å²) in [6.45, 7) is 9.66. The molecule has 1 aromatic heterocycles. The Morgan fingerprint density at radius 3 is 2.64 bits per heavy atom. The van der Waals surface area contributed by atoms with Gasteiger partial charge in [0.05, 0.1) is 17.3 Å². The van der Waals surface area contributed by atoms with E-state index in [1.165, 1.54) is 19.4 Å². The lowest BCUT2D eigenvalue weighted by Crippen LogP contribution is -2.36. The van der Waals surface area contributed by atoms with E-state index in [-0.39, 0.29) is 6.61 Å². The smallest absolute Gasteiger partial charge is 0.0850 e. The van der Waals surface area contributed by atoms with Crippen LogP contribution in [-0.4, -0.2) is 61.9 Å². The van der Waals surface area contributed by atoms with Crippen molar-refractivity contribution in [3.8, 4) is 0 Å². The molecule has 1 aliphatic heterocycles. The normalized spacial score (nSPS) is 18.6. The Morgan fingerprint density at radius 2 is 2.00 bits per heavy atom. The minimum Gasteiger partial charge on any atom is -0.396 e. The Morgan fingerprint density at radius 1 is 1.28 bits per heavy atom. The fraction of sp³-hybridized carbons (Fsp3) is 0.895. The van der Waals surface area contributed by atoms with Gasteiger partial charge in [-0.3, -0.25) is 0 Å². The Balaban J connectivity index is 1.63. The molecule has 2 rings (SSSR count). The van der Waals surface area contributed by atoms with Crippen LogP contribution in [0.5, 0.6) is 0 Å². The van der Waals surface area contributed by atoms with Crippen LogP contribution in [0.3, 0.4) is 0 Å². The summed E-state index contributed by atoms with van der Waals surface area (Å²) in [5, 5.41) is 27.1. The average molecular weight is 353 g/mol. The van der Waals surface area contributed by atoms with Crippen LogP contribution in [0.25, 0.3) is 0 Å². The Hall–Kier alpha value is -0.980. The van der Waals surface area contributed by atoms with Gasteiger partial charge in [0.15, 0.2) is 0 Å². The van der Waals surface area contributed by atoms with Crippen molar-refractivity contribution < 1.29 is 10.2 Å². The van der Waals surface area contributed by atoms with Gasteiger partial charge in [0.2, 0.25) is 0 Å². The van der Waals surface area contributed by atoms with Crippen LogP contribution in [-0.2, 0) is 6.42 Å². The Bertz CT molecular complexity index is 490. The van der Waals surface area contributed by atoms with Crippen molar-refractivity contribution in [2.45, 2.75) is 77.4 Å². The number of aromatic nitrogens is 3. The van der Waals surface area contributed by atoms with Gasteiger partial charge in [-0.05, 0) is 52.0 Å². The lowest BCUT2D eigenvalue weighted by atomic mass is 9.95. The van der Waals surface area contributed by atoms with Crippen molar-refractivity contribution in [3.63, 3.8) is 0 Å². The van der Waals surface area contributed by atoms with E-state index in [0.717, 1.165) is 50.4 Å². The maximum Gasteiger partial charge on any atom is 0.0850 e. The molecule has 0 saturated carbocycles. The van der Waals surface area contributed by atoms with E-state index < -0.39 is 5.60 Å². The molecule has 1 saturated heterocycles. The molecular formula is C19H36N4O2. The molecule has 2 N–H and O–H groups in total. The van der Waals surface area contributed by atoms with Gasteiger partial charge >= 0.3 is 0 Å². The van der Waals surface area contributed by atoms with Crippen molar-refractivity contribution >= 4 is 0 Å². The molecule has 0 radical (unpaired) electrons. The Labute approximate surface area is 152 Å². The maximum absolute atomic E-state index is 9.78. The zero-order chi connectivity index (χ0) is 18.3. The largest absolute Gasteiger partial charge is 0.396 e. The number of aliphatic hydroxyl groups is 2. The van der Waals surface area contributed by atoms with Crippen LogP contribution in [0.2, 0.25) is 0 Å². The number of hydrogen-bond donors (Lipinski definition) is 2. The van der Waals surface area contributed by atoms with Crippen molar-refractivity contribution in [3.05, 3.63) is 11.9 Å². The number of hydrogen-bond acceptors (Lipinski definition) is 5. The summed E-state index contributed by atoms with van der Waals surface area (Å²) in [5.41, 5.74) is 0.352. The quantitative estimate of drug-likeness (QED) is 0.676. The van der Waals surface area contributed by atoms with E-state index in [0.29, 0.717) is 12.5 Å². The van der Waals surface area contributed by atoms with E-state index >= 15 is 0 Å². The van der Waals surface area contributed by atoms with Gasteiger partial charge in [0.25, 0.3) is 0 Å². The summed E-state index contributed by atoms with van der Waals surface area (Å²) in [6.07, 6.45) is 9.25. The van der Waals surface area contributed by atoms with Crippen molar-refractivity contribution in [2.75, 3.05) is 26.2 Å². The maximum atomic E-state index is 9.78. The summed E-state index contributed by atoms with van der Waals surface area (Å²) in [5.74, 6) is 0.719. The molecular weight excluding hydrogens is 316 g/mol. The van der Waals surface area contributed by atoms with E-state index in [1.54, 1.807) is 0 Å². The molecule has 0 bridgehead atoms. The second-order valence-corrected chi connectivity index (χ2v) is 8.33. The SMILES string of the molecule is C[C@@H](CCCC(C)(C)O)CCN1CCC(n2cc(CCO)nn2)CC1. The molecule has 144 valence electrons. The molecule has 0 aliphatic carbocycles. The van der Waals surface area contributed by atoms with Gasteiger partial charge in [0.1, 0.15) is 0 Å². The van der Waals surface area contributed by atoms with Crippen LogP contribution in [0, 0.1) is 5.92 Å². The predicted octanol–water partition coefficient (Wildman–Crippen LogP) is 2.42. The first-order valence-electron chi connectivity index (χ1n) is 9.83. The first-order chi connectivity index (χ1) is 11.9. The molecule has 0 unspecified atom stereocenters. The molecule has 1 atom stereocenters. The van der Waals surface area contributed by atoms with E-state index in [4.69, 9.17) is 5.11 Å². The van der Waals surface area contributed by atoms with Gasteiger partial charge in [0, 0.05) is 32.3 Å². The number of aliphatic hydroxyl groups excluding tert-OH is 1. The molecule has 6 nitrogen and oxygen atoms in total. The third-order valence-corrected chi connectivity index (χ3v) is 5.28. The molecule has 6 heteroatoms. The van der Waals surface area contributed by atoms with Crippen LogP contribution in [0.1, 0.15) is 71.0 Å². The first kappa shape index (κ1) is 20.3. The van der Waals surface area contributed by atoms with Crippen molar-refractivity contribution in [1.82, 2.24) is 19.9 Å². The standard InChI is InChI=1S/C19H36N4O2/c1-16(5-4-10-19(2,3)25)6-11-22-12-7-18(8-13-22)23-15-17(9-14-24)20-21-23/h15-16,18,24-25H,4-14H2,1-3H3/t16-/m0/s1. The number of rotatable bonds is 10. The third kappa shape index (κ3) is 7.42. The molecule has 1 fully saturated rings. The first-order valence-corrected chi connectivity index (χ1v) is 9.83. The molecule has 1 aliphatic rings. The lowest BCUT2D eigenvalue weighted by Gasteiger charge is -2.32. The van der Waals surface area contributed by atoms with E-state index in [1.807, 2.05) is 24.7 Å². The van der Waals surface area contributed by atoms with Crippen LogP contribution in [0.15, 0.2) is 6.20 Å². The summed E-state index contributed by atoms with van der Waals surface area (Å²) < 4.78 is 1.99. The van der Waals surface area contributed by atoms with Gasteiger partial charge in [-0.1, -0.05) is 25.0 Å². The van der Waals surface area contributed by atoms with E-state index in [9.17, 15) is 5.11 Å². The highest BCUT2D eigenvalue weighted by Gasteiger charge is 2.22. The van der Waals surface area contributed by atoms with Crippen LogP contribution in [0.4, 0.5) is 0 Å². The molecule has 0 amide bonds. The summed E-state index contributed by atoms with van der Waals surface area (Å²) in [4.78, 5) is 2.56. The molecule has 0 spiro atoms. The summed E-state index contributed by atoms with van der Waals surface area (Å²) in [7, 11) is 0. The predicted molar refractivity (Wildman–Crippen MR) is 99.5 cm³/mol. The van der Waals surface area contributed by atoms with Crippen molar-refractivity contribution in [2.24, 2.45) is 5.92 Å². The minimum absolute atomic E-state index is 0.130. The van der Waals surface area contributed by atoms with Gasteiger partial charge in [-0.25, -0.2) is 4.68 Å². The molecule has 1 aromatic rings. The highest BCUT2D eigenvalue weighted by atomic mass is 16.3. The van der Waals surface area contributed by atoms with Gasteiger partial charge in [-0.2, -0.15) is 0 Å². The third-order valence-electron chi connectivity index (χ3n) is 5.28. The zero-order valence-electron chi connectivity index (χ0n) is 16.2. The summed E-state index contributed by atoms with van der Waals surface area (Å²) >= 11 is 0. The lowest BCUT2D eigenvalue weighted by molar-refractivity contribution is 0.0666. The van der Waals surface area contributed by atoms with E-state index in [2.05, 4.69) is 22.1 Å². The topological polar surface area (TPSA) is 74.4 Å². The molecule has 2 heterocycles. The highest BCUT2D eigenvalue weighted by molar-refractivity contribution is 4.94. The Kier molecular flexibility index (Phi) is 7.84. The second-order valence-electron chi connectivity index (χ2n) is 8.33. The number of piperidine rings is 1.